The molecule has 1 rings (SSSR count). The van der Waals surface area contributed by atoms with E-state index in [1.165, 1.54) is 0 Å². The van der Waals surface area contributed by atoms with Crippen LogP contribution in [0, 0.1) is 0 Å². The van der Waals surface area contributed by atoms with Crippen molar-refractivity contribution in [1.29, 1.82) is 0 Å². The fourth-order valence-electron chi connectivity index (χ4n) is 0.689. The molecule has 70 valence electrons. The van der Waals surface area contributed by atoms with E-state index in [0.29, 0.717) is 16.7 Å². The Morgan fingerprint density at radius 1 is 1.15 bits per heavy atom. The summed E-state index contributed by atoms with van der Waals surface area (Å²) >= 11 is 0.631. The van der Waals surface area contributed by atoms with E-state index >= 15 is 0 Å². The van der Waals surface area contributed by atoms with E-state index < -0.39 is 11.1 Å². The van der Waals surface area contributed by atoms with Crippen LogP contribution >= 0.6 is 11.8 Å². The van der Waals surface area contributed by atoms with E-state index in [9.17, 15) is 13.2 Å². The zero-order valence-corrected chi connectivity index (χ0v) is 7.45. The van der Waals surface area contributed by atoms with Gasteiger partial charge in [-0.15, -0.1) is 0 Å². The second kappa shape index (κ2) is 3.87. The normalized spacial score (nSPS) is 11.3. The third-order valence-corrected chi connectivity index (χ3v) is 2.29. The van der Waals surface area contributed by atoms with Crippen molar-refractivity contribution in [3.05, 3.63) is 41.8 Å². The minimum atomic E-state index is -4.32. The summed E-state index contributed by atoms with van der Waals surface area (Å²) in [4.78, 5) is -0.247. The molecule has 13 heavy (non-hydrogen) atoms. The quantitative estimate of drug-likeness (QED) is 0.659. The van der Waals surface area contributed by atoms with Gasteiger partial charge in [0, 0.05) is 4.90 Å². The van der Waals surface area contributed by atoms with E-state index in [4.69, 9.17) is 0 Å². The van der Waals surface area contributed by atoms with Crippen molar-refractivity contribution in [1.82, 2.24) is 0 Å². The van der Waals surface area contributed by atoms with Crippen LogP contribution in [-0.4, -0.2) is 6.18 Å². The lowest BCUT2D eigenvalue weighted by molar-refractivity contribution is -0.0832. The first-order valence-electron chi connectivity index (χ1n) is 3.49. The number of allylic oxidation sites excluding steroid dienone is 1. The van der Waals surface area contributed by atoms with Crippen LogP contribution in [0.15, 0.2) is 46.7 Å². The summed E-state index contributed by atoms with van der Waals surface area (Å²) in [6, 6.07) is 8.35. The number of thioether (sulfide) groups is 1. The topological polar surface area (TPSA) is 0 Å². The number of hydrogen-bond acceptors (Lipinski definition) is 1. The van der Waals surface area contributed by atoms with Gasteiger partial charge in [-0.25, -0.2) is 0 Å². The summed E-state index contributed by atoms with van der Waals surface area (Å²) in [6.07, 6.45) is -4.32. The first-order chi connectivity index (χ1) is 6.00. The minimum Gasteiger partial charge on any atom is -0.166 e. The van der Waals surface area contributed by atoms with Gasteiger partial charge in [-0.1, -0.05) is 36.5 Å². The van der Waals surface area contributed by atoms with Crippen LogP contribution < -0.4 is 0 Å². The number of benzene rings is 1. The highest BCUT2D eigenvalue weighted by Gasteiger charge is 2.32. The third-order valence-electron chi connectivity index (χ3n) is 1.30. The molecular weight excluding hydrogens is 197 g/mol. The molecule has 1 aromatic rings. The van der Waals surface area contributed by atoms with Gasteiger partial charge < -0.3 is 0 Å². The summed E-state index contributed by atoms with van der Waals surface area (Å²) in [5, 5.41) is 0. The maximum atomic E-state index is 12.0. The Morgan fingerprint density at radius 3 is 2.15 bits per heavy atom. The van der Waals surface area contributed by atoms with Crippen LogP contribution in [-0.2, 0) is 0 Å². The lowest BCUT2D eigenvalue weighted by Gasteiger charge is -2.08. The Bertz CT molecular complexity index is 289. The van der Waals surface area contributed by atoms with Gasteiger partial charge in [-0.05, 0) is 12.1 Å². The van der Waals surface area contributed by atoms with Crippen LogP contribution in [0.2, 0.25) is 0 Å². The summed E-state index contributed by atoms with van der Waals surface area (Å²) < 4.78 is 36.0. The summed E-state index contributed by atoms with van der Waals surface area (Å²) in [6.45, 7) is 2.96. The minimum absolute atomic E-state index is 0.546. The first-order valence-corrected chi connectivity index (χ1v) is 4.31. The Balaban J connectivity index is 2.66. The third kappa shape index (κ3) is 3.14. The zero-order chi connectivity index (χ0) is 9.90. The molecule has 0 N–H and O–H groups in total. The molecule has 0 amide bonds. The molecule has 0 radical (unpaired) electrons. The largest absolute Gasteiger partial charge is 0.422 e. The highest BCUT2D eigenvalue weighted by Crippen LogP contribution is 2.37. The van der Waals surface area contributed by atoms with E-state index in [1.54, 1.807) is 30.3 Å². The molecule has 0 aliphatic rings. The molecule has 0 nitrogen and oxygen atoms in total. The molecular formula is C9H7F3S. The number of rotatable bonds is 2. The Kier molecular flexibility index (Phi) is 3.03. The van der Waals surface area contributed by atoms with Gasteiger partial charge in [0.1, 0.15) is 0 Å². The van der Waals surface area contributed by atoms with Gasteiger partial charge in [0.25, 0.3) is 0 Å². The van der Waals surface area contributed by atoms with E-state index in [1.807, 2.05) is 0 Å². The van der Waals surface area contributed by atoms with Crippen molar-refractivity contribution < 1.29 is 13.2 Å². The maximum absolute atomic E-state index is 12.0. The molecule has 0 saturated heterocycles. The summed E-state index contributed by atoms with van der Waals surface area (Å²) in [7, 11) is 0. The molecule has 0 saturated carbocycles. The standard InChI is InChI=1S/C9H7F3S/c1-7(9(10,11)12)13-8-5-3-2-4-6-8/h2-6H,1H2. The molecule has 0 unspecified atom stereocenters. The van der Waals surface area contributed by atoms with Crippen molar-refractivity contribution in [3.8, 4) is 0 Å². The van der Waals surface area contributed by atoms with Gasteiger partial charge >= 0.3 is 6.18 Å². The van der Waals surface area contributed by atoms with Gasteiger partial charge in [-0.3, -0.25) is 0 Å². The van der Waals surface area contributed by atoms with Crippen LogP contribution in [0.1, 0.15) is 0 Å². The lowest BCUT2D eigenvalue weighted by Crippen LogP contribution is -2.07. The van der Waals surface area contributed by atoms with E-state index in [-0.39, 0.29) is 0 Å². The van der Waals surface area contributed by atoms with Gasteiger partial charge in [-0.2, -0.15) is 13.2 Å². The zero-order valence-electron chi connectivity index (χ0n) is 6.64. The predicted octanol–water partition coefficient (Wildman–Crippen LogP) is 3.85. The van der Waals surface area contributed by atoms with Gasteiger partial charge in [0.15, 0.2) is 0 Å². The Morgan fingerprint density at radius 2 is 1.69 bits per heavy atom. The summed E-state index contributed by atoms with van der Waals surface area (Å²) in [5.74, 6) is 0. The Labute approximate surface area is 78.5 Å². The smallest absolute Gasteiger partial charge is 0.166 e. The highest BCUT2D eigenvalue weighted by molar-refractivity contribution is 8.03. The molecule has 4 heteroatoms. The average molecular weight is 204 g/mol. The van der Waals surface area contributed by atoms with Gasteiger partial charge in [0.2, 0.25) is 0 Å². The molecule has 0 atom stereocenters. The van der Waals surface area contributed by atoms with Crippen LogP contribution in [0.4, 0.5) is 13.2 Å². The predicted molar refractivity (Wildman–Crippen MR) is 47.5 cm³/mol. The highest BCUT2D eigenvalue weighted by atomic mass is 32.2. The number of halogens is 3. The van der Waals surface area contributed by atoms with Crippen LogP contribution in [0.5, 0.6) is 0 Å². The van der Waals surface area contributed by atoms with E-state index in [2.05, 4.69) is 6.58 Å². The molecule has 1 aromatic carbocycles. The number of alkyl halides is 3. The molecule has 0 aliphatic heterocycles. The van der Waals surface area contributed by atoms with Gasteiger partial charge in [0.05, 0.1) is 4.91 Å². The second-order valence-electron chi connectivity index (χ2n) is 2.34. The van der Waals surface area contributed by atoms with Crippen molar-refractivity contribution in [2.45, 2.75) is 11.1 Å². The van der Waals surface area contributed by atoms with Crippen molar-refractivity contribution >= 4 is 11.8 Å². The molecule has 0 aliphatic carbocycles. The van der Waals surface area contributed by atoms with E-state index in [0.717, 1.165) is 0 Å². The lowest BCUT2D eigenvalue weighted by atomic mass is 10.4. The SMILES string of the molecule is C=C(Sc1ccccc1)C(F)(F)F. The molecule has 0 fully saturated rings. The average Bonchev–Trinajstić information content (AvgIpc) is 2.04. The number of hydrogen-bond donors (Lipinski definition) is 0. The van der Waals surface area contributed by atoms with Crippen LogP contribution in [0.25, 0.3) is 0 Å². The van der Waals surface area contributed by atoms with Crippen LogP contribution in [0.3, 0.4) is 0 Å². The second-order valence-corrected chi connectivity index (χ2v) is 3.50. The molecule has 0 aromatic heterocycles. The van der Waals surface area contributed by atoms with Crippen molar-refractivity contribution in [2.75, 3.05) is 0 Å². The first kappa shape index (κ1) is 10.2. The van der Waals surface area contributed by atoms with Crippen molar-refractivity contribution in [2.24, 2.45) is 0 Å². The Hall–Kier alpha value is -0.900. The summed E-state index contributed by atoms with van der Waals surface area (Å²) in [5.41, 5.74) is 0. The molecule has 0 heterocycles. The maximum Gasteiger partial charge on any atom is 0.422 e. The van der Waals surface area contributed by atoms with Crippen molar-refractivity contribution in [3.63, 3.8) is 0 Å². The fraction of sp³-hybridized carbons (Fsp3) is 0.111. The monoisotopic (exact) mass is 204 g/mol. The molecule has 0 bridgehead atoms. The fourth-order valence-corrected chi connectivity index (χ4v) is 1.38. The molecule has 0 spiro atoms.